The predicted molar refractivity (Wildman–Crippen MR) is 50.5 cm³/mol. The Labute approximate surface area is 85.2 Å². The van der Waals surface area contributed by atoms with Crippen molar-refractivity contribution in [2.75, 3.05) is 12.2 Å². The molecule has 0 saturated carbocycles. The van der Waals surface area contributed by atoms with Crippen LogP contribution in [-0.4, -0.2) is 24.4 Å². The fourth-order valence-corrected chi connectivity index (χ4v) is 1.27. The van der Waals surface area contributed by atoms with Gasteiger partial charge in [0.05, 0.1) is 12.8 Å². The first-order valence-electron chi connectivity index (χ1n) is 4.17. The highest BCUT2D eigenvalue weighted by atomic mass is 16.6. The van der Waals surface area contributed by atoms with Gasteiger partial charge in [-0.1, -0.05) is 0 Å². The Bertz CT molecular complexity index is 405. The van der Waals surface area contributed by atoms with Gasteiger partial charge in [0.25, 0.3) is 12.2 Å². The van der Waals surface area contributed by atoms with Gasteiger partial charge < -0.3 is 24.9 Å². The standard InChI is InChI=1S/C9H8NO5/c1-14-5-2-3-6-7(4-5)15-9(12)8(11)10(6)13/h2-4,9,12H,1H3/q-1. The molecule has 80 valence electrons. The average Bonchev–Trinajstić information content (AvgIpc) is 2.25. The minimum atomic E-state index is -1.75. The van der Waals surface area contributed by atoms with Gasteiger partial charge in [-0.05, 0) is 12.1 Å². The normalized spacial score (nSPS) is 19.5. The number of aliphatic hydroxyl groups excluding tert-OH is 1. The van der Waals surface area contributed by atoms with E-state index in [0.717, 1.165) is 0 Å². The summed E-state index contributed by atoms with van der Waals surface area (Å²) >= 11 is 0. The lowest BCUT2D eigenvalue weighted by atomic mass is 10.2. The van der Waals surface area contributed by atoms with E-state index in [4.69, 9.17) is 14.6 Å². The van der Waals surface area contributed by atoms with Crippen LogP contribution in [0.1, 0.15) is 0 Å². The zero-order chi connectivity index (χ0) is 11.0. The zero-order valence-electron chi connectivity index (χ0n) is 7.84. The fraction of sp³-hybridized carbons (Fsp3) is 0.222. The topological polar surface area (TPSA) is 82.1 Å². The maximum Gasteiger partial charge on any atom is 0.285 e. The number of aliphatic hydroxyl groups is 1. The summed E-state index contributed by atoms with van der Waals surface area (Å²) < 4.78 is 9.75. The molecule has 1 aliphatic rings. The monoisotopic (exact) mass is 210 g/mol. The number of hydroxylamine groups is 1. The molecular weight excluding hydrogens is 202 g/mol. The molecule has 6 heteroatoms. The minimum Gasteiger partial charge on any atom is -0.751 e. The lowest BCUT2D eigenvalue weighted by Crippen LogP contribution is -2.42. The second kappa shape index (κ2) is 3.41. The van der Waals surface area contributed by atoms with Crippen LogP contribution in [0.15, 0.2) is 18.2 Å². The smallest absolute Gasteiger partial charge is 0.285 e. The van der Waals surface area contributed by atoms with Crippen LogP contribution < -0.4 is 14.5 Å². The molecule has 1 atom stereocenters. The number of nitrogens with zero attached hydrogens (tertiary/aromatic N) is 1. The molecule has 0 fully saturated rings. The Hall–Kier alpha value is -1.79. The van der Waals surface area contributed by atoms with Crippen LogP contribution in [0, 0.1) is 5.21 Å². The van der Waals surface area contributed by atoms with Gasteiger partial charge in [0.2, 0.25) is 0 Å². The maximum absolute atomic E-state index is 11.3. The maximum atomic E-state index is 11.3. The van der Waals surface area contributed by atoms with E-state index in [1.165, 1.54) is 25.3 Å². The van der Waals surface area contributed by atoms with Crippen LogP contribution in [0.4, 0.5) is 5.69 Å². The number of carbonyl (C=O) groups excluding carboxylic acids is 1. The van der Waals surface area contributed by atoms with E-state index < -0.39 is 12.2 Å². The molecule has 15 heavy (non-hydrogen) atoms. The van der Waals surface area contributed by atoms with Gasteiger partial charge >= 0.3 is 0 Å². The Morgan fingerprint density at radius 3 is 3.00 bits per heavy atom. The number of ether oxygens (including phenoxy) is 2. The molecule has 1 amide bonds. The first-order valence-corrected chi connectivity index (χ1v) is 4.17. The SMILES string of the molecule is COc1ccc2c(c1)OC(O)C(=O)N2[O-]. The molecule has 1 N–H and O–H groups in total. The summed E-state index contributed by atoms with van der Waals surface area (Å²) in [6.07, 6.45) is -1.75. The molecule has 2 rings (SSSR count). The second-order valence-corrected chi connectivity index (χ2v) is 2.94. The second-order valence-electron chi connectivity index (χ2n) is 2.94. The van der Waals surface area contributed by atoms with Crippen LogP contribution in [-0.2, 0) is 4.79 Å². The van der Waals surface area contributed by atoms with Crippen molar-refractivity contribution < 1.29 is 19.4 Å². The molecular formula is C9H8NO5-. The predicted octanol–water partition coefficient (Wildman–Crippen LogP) is 0.237. The summed E-state index contributed by atoms with van der Waals surface area (Å²) in [7, 11) is 1.46. The quantitative estimate of drug-likeness (QED) is 0.717. The molecule has 1 heterocycles. The number of rotatable bonds is 1. The molecule has 1 aromatic rings. The van der Waals surface area contributed by atoms with Crippen molar-refractivity contribution in [2.24, 2.45) is 0 Å². The van der Waals surface area contributed by atoms with Crippen LogP contribution in [0.3, 0.4) is 0 Å². The van der Waals surface area contributed by atoms with Crippen LogP contribution in [0.5, 0.6) is 11.5 Å². The van der Waals surface area contributed by atoms with Gasteiger partial charge in [0.1, 0.15) is 11.5 Å². The van der Waals surface area contributed by atoms with E-state index >= 15 is 0 Å². The van der Waals surface area contributed by atoms with Gasteiger partial charge in [-0.15, -0.1) is 0 Å². The fourth-order valence-electron chi connectivity index (χ4n) is 1.27. The Kier molecular flexibility index (Phi) is 2.22. The zero-order valence-corrected chi connectivity index (χ0v) is 7.84. The van der Waals surface area contributed by atoms with Crippen molar-refractivity contribution in [1.82, 2.24) is 0 Å². The molecule has 0 spiro atoms. The molecule has 0 bridgehead atoms. The lowest BCUT2D eigenvalue weighted by molar-refractivity contribution is -0.141. The third-order valence-electron chi connectivity index (χ3n) is 2.04. The van der Waals surface area contributed by atoms with Crippen LogP contribution >= 0.6 is 0 Å². The van der Waals surface area contributed by atoms with Crippen molar-refractivity contribution in [3.63, 3.8) is 0 Å². The largest absolute Gasteiger partial charge is 0.751 e. The van der Waals surface area contributed by atoms with Gasteiger partial charge in [-0.3, -0.25) is 4.79 Å². The van der Waals surface area contributed by atoms with E-state index in [-0.39, 0.29) is 16.5 Å². The highest BCUT2D eigenvalue weighted by Crippen LogP contribution is 2.35. The van der Waals surface area contributed by atoms with E-state index in [1.54, 1.807) is 0 Å². The average molecular weight is 210 g/mol. The molecule has 1 aliphatic heterocycles. The molecule has 6 nitrogen and oxygen atoms in total. The number of methoxy groups -OCH3 is 1. The van der Waals surface area contributed by atoms with Crippen LogP contribution in [0.2, 0.25) is 0 Å². The van der Waals surface area contributed by atoms with Gasteiger partial charge in [0.15, 0.2) is 0 Å². The van der Waals surface area contributed by atoms with E-state index in [2.05, 4.69) is 0 Å². The summed E-state index contributed by atoms with van der Waals surface area (Å²) in [5, 5.41) is 20.5. The van der Waals surface area contributed by atoms with E-state index in [1.807, 2.05) is 0 Å². The number of benzene rings is 1. The highest BCUT2D eigenvalue weighted by molar-refractivity contribution is 5.99. The molecule has 1 aromatic carbocycles. The number of anilines is 1. The first-order chi connectivity index (χ1) is 7.13. The summed E-state index contributed by atoms with van der Waals surface area (Å²) in [5.74, 6) is -0.437. The third kappa shape index (κ3) is 1.49. The van der Waals surface area contributed by atoms with Crippen molar-refractivity contribution in [2.45, 2.75) is 6.29 Å². The van der Waals surface area contributed by atoms with Crippen LogP contribution in [0.25, 0.3) is 0 Å². The summed E-state index contributed by atoms with van der Waals surface area (Å²) in [6.45, 7) is 0. The lowest BCUT2D eigenvalue weighted by Gasteiger charge is -2.36. The summed E-state index contributed by atoms with van der Waals surface area (Å²) in [6, 6.07) is 4.35. The minimum absolute atomic E-state index is 0.0612. The Morgan fingerprint density at radius 1 is 1.60 bits per heavy atom. The molecule has 0 saturated heterocycles. The van der Waals surface area contributed by atoms with Gasteiger partial charge in [-0.2, -0.15) is 0 Å². The number of hydrogen-bond acceptors (Lipinski definition) is 5. The Morgan fingerprint density at radius 2 is 2.33 bits per heavy atom. The van der Waals surface area contributed by atoms with Crippen molar-refractivity contribution in [3.05, 3.63) is 23.4 Å². The van der Waals surface area contributed by atoms with E-state index in [0.29, 0.717) is 5.75 Å². The highest BCUT2D eigenvalue weighted by Gasteiger charge is 2.27. The van der Waals surface area contributed by atoms with Gasteiger partial charge in [-0.25, -0.2) is 0 Å². The number of amides is 1. The number of carbonyl (C=O) groups is 1. The van der Waals surface area contributed by atoms with Crippen molar-refractivity contribution in [1.29, 1.82) is 0 Å². The van der Waals surface area contributed by atoms with E-state index in [9.17, 15) is 10.0 Å². The first kappa shape index (κ1) is 9.75. The molecule has 0 radical (unpaired) electrons. The molecule has 1 unspecified atom stereocenters. The van der Waals surface area contributed by atoms with Gasteiger partial charge in [0, 0.05) is 6.07 Å². The Balaban J connectivity index is 2.45. The summed E-state index contributed by atoms with van der Waals surface area (Å²) in [5.41, 5.74) is 0.0612. The van der Waals surface area contributed by atoms with Crippen molar-refractivity contribution in [3.8, 4) is 11.5 Å². The van der Waals surface area contributed by atoms with Crippen molar-refractivity contribution >= 4 is 11.6 Å². The third-order valence-corrected chi connectivity index (χ3v) is 2.04. The molecule has 0 aliphatic carbocycles. The molecule has 0 aromatic heterocycles. The summed E-state index contributed by atoms with van der Waals surface area (Å²) in [4.78, 5) is 11.0. The number of fused-ring (bicyclic) bond motifs is 1. The number of hydrogen-bond donors (Lipinski definition) is 1.